The van der Waals surface area contributed by atoms with Crippen LogP contribution in [0.25, 0.3) is 22.2 Å². The van der Waals surface area contributed by atoms with Crippen LogP contribution >= 0.6 is 0 Å². The number of carbonyl (C=O) groups excluding carboxylic acids is 1. The van der Waals surface area contributed by atoms with Crippen molar-refractivity contribution >= 4 is 28.7 Å². The van der Waals surface area contributed by atoms with Crippen molar-refractivity contribution in [1.29, 1.82) is 0 Å². The fourth-order valence-corrected chi connectivity index (χ4v) is 3.01. The number of carbonyl (C=O) groups is 1. The molecule has 0 aliphatic rings. The Morgan fingerprint density at radius 2 is 1.87 bits per heavy atom. The van der Waals surface area contributed by atoms with Gasteiger partial charge < -0.3 is 0 Å². The SMILES string of the molecule is O=C(N/N=C\c1ccccc1[N+](=O)[O-])c1cc(-c2cccnc2)nc2ccccc12. The summed E-state index contributed by atoms with van der Waals surface area (Å²) in [5.74, 6) is -0.450. The molecule has 0 unspecified atom stereocenters. The first kappa shape index (κ1) is 18.9. The monoisotopic (exact) mass is 397 g/mol. The molecule has 146 valence electrons. The van der Waals surface area contributed by atoms with Gasteiger partial charge in [-0.05, 0) is 30.3 Å². The van der Waals surface area contributed by atoms with Crippen LogP contribution in [0.15, 0.2) is 84.2 Å². The first-order valence-electron chi connectivity index (χ1n) is 9.00. The summed E-state index contributed by atoms with van der Waals surface area (Å²) in [4.78, 5) is 32.2. The van der Waals surface area contributed by atoms with E-state index in [9.17, 15) is 14.9 Å². The number of nitrogens with one attached hydrogen (secondary N) is 1. The van der Waals surface area contributed by atoms with Crippen molar-refractivity contribution in [3.05, 3.63) is 100 Å². The zero-order chi connectivity index (χ0) is 20.9. The number of hydrogen-bond acceptors (Lipinski definition) is 6. The van der Waals surface area contributed by atoms with Crippen molar-refractivity contribution in [2.24, 2.45) is 5.10 Å². The molecule has 8 nitrogen and oxygen atoms in total. The normalized spacial score (nSPS) is 10.9. The molecule has 2 aromatic carbocycles. The maximum absolute atomic E-state index is 12.8. The first-order chi connectivity index (χ1) is 14.6. The molecule has 0 bridgehead atoms. The van der Waals surface area contributed by atoms with Crippen molar-refractivity contribution < 1.29 is 9.72 Å². The summed E-state index contributed by atoms with van der Waals surface area (Å²) in [6.45, 7) is 0. The zero-order valence-corrected chi connectivity index (χ0v) is 15.6. The van der Waals surface area contributed by atoms with Crippen molar-refractivity contribution in [2.75, 3.05) is 0 Å². The minimum atomic E-state index is -0.500. The van der Waals surface area contributed by atoms with Crippen molar-refractivity contribution in [1.82, 2.24) is 15.4 Å². The average Bonchev–Trinajstić information content (AvgIpc) is 2.79. The Morgan fingerprint density at radius 1 is 1.07 bits per heavy atom. The van der Waals surface area contributed by atoms with Crippen LogP contribution in [0.3, 0.4) is 0 Å². The molecule has 1 N–H and O–H groups in total. The van der Waals surface area contributed by atoms with E-state index in [-0.39, 0.29) is 5.69 Å². The molecule has 0 aliphatic carbocycles. The molecule has 0 saturated heterocycles. The van der Waals surface area contributed by atoms with E-state index >= 15 is 0 Å². The fourth-order valence-electron chi connectivity index (χ4n) is 3.01. The second-order valence-corrected chi connectivity index (χ2v) is 6.33. The van der Waals surface area contributed by atoms with E-state index in [1.54, 1.807) is 48.8 Å². The van der Waals surface area contributed by atoms with Gasteiger partial charge in [0, 0.05) is 29.4 Å². The number of hydrazone groups is 1. The number of para-hydroxylation sites is 2. The number of pyridine rings is 2. The van der Waals surface area contributed by atoms with E-state index in [1.165, 1.54) is 12.3 Å². The van der Waals surface area contributed by atoms with E-state index in [2.05, 4.69) is 20.5 Å². The van der Waals surface area contributed by atoms with Gasteiger partial charge in [0.15, 0.2) is 0 Å². The summed E-state index contributed by atoms with van der Waals surface area (Å²) >= 11 is 0. The number of fused-ring (bicyclic) bond motifs is 1. The van der Waals surface area contributed by atoms with Crippen LogP contribution in [0.4, 0.5) is 5.69 Å². The van der Waals surface area contributed by atoms with Crippen LogP contribution < -0.4 is 5.43 Å². The Balaban J connectivity index is 1.67. The number of nitro benzene ring substituents is 1. The standard InChI is InChI=1S/C22H15N5O3/c28-22(26-24-14-16-6-1-4-10-21(16)27(29)30)18-12-20(15-7-5-11-23-13-15)25-19-9-3-2-8-17(18)19/h1-14H,(H,26,28)/b24-14-. The van der Waals surface area contributed by atoms with Crippen molar-refractivity contribution in [3.8, 4) is 11.3 Å². The lowest BCUT2D eigenvalue weighted by Gasteiger charge is -2.08. The van der Waals surface area contributed by atoms with Crippen molar-refractivity contribution in [2.45, 2.75) is 0 Å². The Morgan fingerprint density at radius 3 is 2.67 bits per heavy atom. The van der Waals surface area contributed by atoms with Gasteiger partial charge in [0.1, 0.15) is 0 Å². The van der Waals surface area contributed by atoms with E-state index in [0.717, 1.165) is 5.56 Å². The van der Waals surface area contributed by atoms with Crippen LogP contribution in [0, 0.1) is 10.1 Å². The minimum absolute atomic E-state index is 0.0938. The molecule has 4 rings (SSSR count). The van der Waals surface area contributed by atoms with Crippen LogP contribution in [-0.2, 0) is 0 Å². The highest BCUT2D eigenvalue weighted by Gasteiger charge is 2.14. The average molecular weight is 397 g/mol. The Kier molecular flexibility index (Phi) is 5.21. The third-order valence-electron chi connectivity index (χ3n) is 4.42. The largest absolute Gasteiger partial charge is 0.278 e. The molecular formula is C22H15N5O3. The van der Waals surface area contributed by atoms with Gasteiger partial charge in [-0.15, -0.1) is 0 Å². The number of amides is 1. The number of rotatable bonds is 5. The molecule has 0 spiro atoms. The highest BCUT2D eigenvalue weighted by atomic mass is 16.6. The smallest absolute Gasteiger partial charge is 0.267 e. The molecule has 0 saturated carbocycles. The number of benzene rings is 2. The van der Waals surface area contributed by atoms with Gasteiger partial charge in [0.05, 0.1) is 33.5 Å². The Hall–Kier alpha value is -4.46. The molecule has 1 amide bonds. The molecule has 4 aromatic rings. The van der Waals surface area contributed by atoms with E-state index in [4.69, 9.17) is 0 Å². The van der Waals surface area contributed by atoms with Gasteiger partial charge in [-0.1, -0.05) is 30.3 Å². The molecule has 0 atom stereocenters. The predicted molar refractivity (Wildman–Crippen MR) is 113 cm³/mol. The van der Waals surface area contributed by atoms with Crippen LogP contribution in [-0.4, -0.2) is 27.0 Å². The zero-order valence-electron chi connectivity index (χ0n) is 15.6. The van der Waals surface area contributed by atoms with Crippen molar-refractivity contribution in [3.63, 3.8) is 0 Å². The third kappa shape index (κ3) is 3.88. The first-order valence-corrected chi connectivity index (χ1v) is 9.00. The molecule has 2 heterocycles. The maximum atomic E-state index is 12.8. The molecular weight excluding hydrogens is 382 g/mol. The van der Waals surface area contributed by atoms with Gasteiger partial charge in [-0.2, -0.15) is 5.10 Å². The number of nitrogens with zero attached hydrogens (tertiary/aromatic N) is 4. The fraction of sp³-hybridized carbons (Fsp3) is 0. The van der Waals surface area contributed by atoms with E-state index in [1.807, 2.05) is 24.3 Å². The van der Waals surface area contributed by atoms with Gasteiger partial charge in [-0.25, -0.2) is 10.4 Å². The predicted octanol–water partition coefficient (Wildman–Crippen LogP) is 3.97. The minimum Gasteiger partial charge on any atom is -0.267 e. The van der Waals surface area contributed by atoms with E-state index < -0.39 is 10.8 Å². The second-order valence-electron chi connectivity index (χ2n) is 6.33. The molecule has 0 radical (unpaired) electrons. The van der Waals surface area contributed by atoms with Gasteiger partial charge in [0.25, 0.3) is 11.6 Å². The number of hydrogen-bond donors (Lipinski definition) is 1. The van der Waals surface area contributed by atoms with Gasteiger partial charge in [-0.3, -0.25) is 19.9 Å². The molecule has 8 heteroatoms. The van der Waals surface area contributed by atoms with Gasteiger partial charge in [0.2, 0.25) is 0 Å². The molecule has 2 aromatic heterocycles. The topological polar surface area (TPSA) is 110 Å². The summed E-state index contributed by atoms with van der Waals surface area (Å²) in [5.41, 5.74) is 5.08. The molecule has 0 fully saturated rings. The summed E-state index contributed by atoms with van der Waals surface area (Å²) < 4.78 is 0. The summed E-state index contributed by atoms with van der Waals surface area (Å²) in [5, 5.41) is 15.7. The van der Waals surface area contributed by atoms with Crippen LogP contribution in [0.2, 0.25) is 0 Å². The summed E-state index contributed by atoms with van der Waals surface area (Å²) in [7, 11) is 0. The Labute approximate surface area is 171 Å². The summed E-state index contributed by atoms with van der Waals surface area (Å²) in [6, 6.07) is 18.8. The van der Waals surface area contributed by atoms with E-state index in [0.29, 0.717) is 27.7 Å². The number of nitro groups is 1. The number of aromatic nitrogens is 2. The third-order valence-corrected chi connectivity index (χ3v) is 4.42. The quantitative estimate of drug-likeness (QED) is 0.311. The lowest BCUT2D eigenvalue weighted by atomic mass is 10.0. The summed E-state index contributed by atoms with van der Waals surface area (Å²) in [6.07, 6.45) is 4.59. The molecule has 30 heavy (non-hydrogen) atoms. The van der Waals surface area contributed by atoms with Gasteiger partial charge >= 0.3 is 0 Å². The Bertz CT molecular complexity index is 1270. The van der Waals surface area contributed by atoms with Crippen LogP contribution in [0.5, 0.6) is 0 Å². The second kappa shape index (κ2) is 8.27. The lowest BCUT2D eigenvalue weighted by Crippen LogP contribution is -2.18. The lowest BCUT2D eigenvalue weighted by molar-refractivity contribution is -0.385. The maximum Gasteiger partial charge on any atom is 0.278 e. The highest BCUT2D eigenvalue weighted by molar-refractivity contribution is 6.07. The molecule has 0 aliphatic heterocycles. The van der Waals surface area contributed by atoms with Crippen LogP contribution in [0.1, 0.15) is 15.9 Å². The highest BCUT2D eigenvalue weighted by Crippen LogP contribution is 2.24.